The van der Waals surface area contributed by atoms with Crippen molar-refractivity contribution in [3.63, 3.8) is 0 Å². The van der Waals surface area contributed by atoms with Gasteiger partial charge in [0, 0.05) is 21.5 Å². The number of hydrogen-bond acceptors (Lipinski definition) is 3. The number of nitrogens with one attached hydrogen (secondary N) is 1. The molecule has 0 unspecified atom stereocenters. The van der Waals surface area contributed by atoms with Crippen molar-refractivity contribution in [1.82, 2.24) is 4.98 Å². The van der Waals surface area contributed by atoms with E-state index in [2.05, 4.69) is 10.3 Å². The van der Waals surface area contributed by atoms with Gasteiger partial charge in [0.2, 0.25) is 0 Å². The van der Waals surface area contributed by atoms with Gasteiger partial charge in [0.25, 0.3) is 5.91 Å². The van der Waals surface area contributed by atoms with E-state index in [9.17, 15) is 13.6 Å². The average Bonchev–Trinajstić information content (AvgIpc) is 2.99. The van der Waals surface area contributed by atoms with E-state index >= 15 is 0 Å². The summed E-state index contributed by atoms with van der Waals surface area (Å²) in [6.07, 6.45) is 0. The lowest BCUT2D eigenvalue weighted by Crippen LogP contribution is -2.12. The normalized spacial score (nSPS) is 10.6. The van der Waals surface area contributed by atoms with Gasteiger partial charge in [0.05, 0.1) is 5.69 Å². The number of carbonyl (C=O) groups excluding carboxylic acids is 1. The number of halogens is 3. The molecule has 3 rings (SSSR count). The van der Waals surface area contributed by atoms with Crippen LogP contribution in [0.25, 0.3) is 11.3 Å². The molecule has 116 valence electrons. The Balaban J connectivity index is 1.77. The summed E-state index contributed by atoms with van der Waals surface area (Å²) >= 11 is 7.07. The van der Waals surface area contributed by atoms with E-state index in [1.165, 1.54) is 17.4 Å². The second-order valence-electron chi connectivity index (χ2n) is 4.63. The molecule has 23 heavy (non-hydrogen) atoms. The van der Waals surface area contributed by atoms with Gasteiger partial charge in [-0.05, 0) is 30.3 Å². The first-order valence-electron chi connectivity index (χ1n) is 6.51. The molecule has 0 radical (unpaired) electrons. The lowest BCUT2D eigenvalue weighted by molar-refractivity contribution is 0.102. The number of hydrogen-bond donors (Lipinski definition) is 1. The van der Waals surface area contributed by atoms with Crippen LogP contribution in [0.15, 0.2) is 47.8 Å². The van der Waals surface area contributed by atoms with E-state index in [-0.39, 0.29) is 5.56 Å². The molecule has 7 heteroatoms. The van der Waals surface area contributed by atoms with Gasteiger partial charge in [0.15, 0.2) is 16.8 Å². The van der Waals surface area contributed by atoms with Crippen LogP contribution in [0.2, 0.25) is 5.02 Å². The Bertz CT molecular complexity index is 865. The zero-order valence-corrected chi connectivity index (χ0v) is 13.1. The van der Waals surface area contributed by atoms with Crippen LogP contribution in [0, 0.1) is 11.6 Å². The van der Waals surface area contributed by atoms with E-state index in [4.69, 9.17) is 11.6 Å². The van der Waals surface area contributed by atoms with Crippen molar-refractivity contribution < 1.29 is 13.6 Å². The summed E-state index contributed by atoms with van der Waals surface area (Å²) in [5.74, 6) is -2.62. The van der Waals surface area contributed by atoms with Gasteiger partial charge in [-0.3, -0.25) is 10.1 Å². The molecule has 0 fully saturated rings. The Hall–Kier alpha value is -2.31. The summed E-state index contributed by atoms with van der Waals surface area (Å²) in [7, 11) is 0. The molecule has 0 aliphatic heterocycles. The molecular weight excluding hydrogens is 342 g/mol. The first-order chi connectivity index (χ1) is 11.0. The molecule has 1 heterocycles. The number of aromatic nitrogens is 1. The molecule has 3 aromatic rings. The molecule has 2 aromatic carbocycles. The van der Waals surface area contributed by atoms with Gasteiger partial charge in [-0.25, -0.2) is 13.8 Å². The van der Waals surface area contributed by atoms with E-state index in [1.807, 2.05) is 12.1 Å². The summed E-state index contributed by atoms with van der Waals surface area (Å²) in [4.78, 5) is 16.3. The van der Waals surface area contributed by atoms with Crippen molar-refractivity contribution in [2.45, 2.75) is 0 Å². The van der Waals surface area contributed by atoms with Crippen LogP contribution in [0.4, 0.5) is 13.9 Å². The minimum Gasteiger partial charge on any atom is -0.298 e. The molecule has 0 bridgehead atoms. The number of thiazole rings is 1. The molecular formula is C16H9ClF2N2OS. The standard InChI is InChI=1S/C16H9ClF2N2OS/c17-11-4-1-9(2-5-11)14-8-23-16(20-14)21-15(22)10-3-6-12(18)13(19)7-10/h1-8H,(H,20,21,22). The predicted octanol–water partition coefficient (Wildman–Crippen LogP) is 4.99. The van der Waals surface area contributed by atoms with Gasteiger partial charge in [-0.2, -0.15) is 0 Å². The van der Waals surface area contributed by atoms with Crippen LogP contribution in [0.1, 0.15) is 10.4 Å². The van der Waals surface area contributed by atoms with Gasteiger partial charge in [-0.15, -0.1) is 11.3 Å². The largest absolute Gasteiger partial charge is 0.298 e. The third-order valence-corrected chi connectivity index (χ3v) is 4.06. The second-order valence-corrected chi connectivity index (χ2v) is 5.92. The smallest absolute Gasteiger partial charge is 0.257 e. The summed E-state index contributed by atoms with van der Waals surface area (Å²) < 4.78 is 26.0. The highest BCUT2D eigenvalue weighted by molar-refractivity contribution is 7.14. The molecule has 3 nitrogen and oxygen atoms in total. The maximum atomic E-state index is 13.2. The molecule has 0 spiro atoms. The van der Waals surface area contributed by atoms with Gasteiger partial charge in [0.1, 0.15) is 0 Å². The number of nitrogens with zero attached hydrogens (tertiary/aromatic N) is 1. The van der Waals surface area contributed by atoms with Gasteiger partial charge < -0.3 is 0 Å². The van der Waals surface area contributed by atoms with E-state index in [1.54, 1.807) is 17.5 Å². The predicted molar refractivity (Wildman–Crippen MR) is 86.9 cm³/mol. The lowest BCUT2D eigenvalue weighted by atomic mass is 10.2. The van der Waals surface area contributed by atoms with Crippen molar-refractivity contribution in [3.8, 4) is 11.3 Å². The van der Waals surface area contributed by atoms with Crippen molar-refractivity contribution in [2.75, 3.05) is 5.32 Å². The first-order valence-corrected chi connectivity index (χ1v) is 7.76. The molecule has 1 N–H and O–H groups in total. The van der Waals surface area contributed by atoms with Crippen molar-refractivity contribution in [3.05, 3.63) is 70.1 Å². The fourth-order valence-corrected chi connectivity index (χ4v) is 2.73. The number of anilines is 1. The summed E-state index contributed by atoms with van der Waals surface area (Å²) in [5.41, 5.74) is 1.57. The molecule has 0 aliphatic rings. The zero-order chi connectivity index (χ0) is 16.4. The number of rotatable bonds is 3. The van der Waals surface area contributed by atoms with Gasteiger partial charge in [-0.1, -0.05) is 23.7 Å². The Morgan fingerprint density at radius 2 is 1.83 bits per heavy atom. The second kappa shape index (κ2) is 6.44. The Morgan fingerprint density at radius 3 is 2.52 bits per heavy atom. The molecule has 0 atom stereocenters. The van der Waals surface area contributed by atoms with Crippen molar-refractivity contribution in [1.29, 1.82) is 0 Å². The number of benzene rings is 2. The highest BCUT2D eigenvalue weighted by atomic mass is 35.5. The van der Waals surface area contributed by atoms with Crippen LogP contribution in [0.5, 0.6) is 0 Å². The number of amides is 1. The SMILES string of the molecule is O=C(Nc1nc(-c2ccc(Cl)cc2)cs1)c1ccc(F)c(F)c1. The average molecular weight is 351 g/mol. The molecule has 0 saturated heterocycles. The van der Waals surface area contributed by atoms with Crippen LogP contribution in [-0.4, -0.2) is 10.9 Å². The lowest BCUT2D eigenvalue weighted by Gasteiger charge is -2.02. The zero-order valence-electron chi connectivity index (χ0n) is 11.5. The highest BCUT2D eigenvalue weighted by Gasteiger charge is 2.12. The van der Waals surface area contributed by atoms with Crippen molar-refractivity contribution >= 4 is 34.0 Å². The Morgan fingerprint density at radius 1 is 1.09 bits per heavy atom. The highest BCUT2D eigenvalue weighted by Crippen LogP contribution is 2.26. The maximum absolute atomic E-state index is 13.2. The molecule has 0 aliphatic carbocycles. The fraction of sp³-hybridized carbons (Fsp3) is 0. The molecule has 0 saturated carbocycles. The first kappa shape index (κ1) is 15.6. The summed E-state index contributed by atoms with van der Waals surface area (Å²) in [6, 6.07) is 10.1. The Kier molecular flexibility index (Phi) is 4.36. The van der Waals surface area contributed by atoms with Crippen LogP contribution in [0.3, 0.4) is 0 Å². The quantitative estimate of drug-likeness (QED) is 0.722. The molecule has 1 aromatic heterocycles. The Labute approximate surface area is 139 Å². The van der Waals surface area contributed by atoms with E-state index in [0.717, 1.165) is 17.7 Å². The van der Waals surface area contributed by atoms with Crippen LogP contribution >= 0.6 is 22.9 Å². The summed E-state index contributed by atoms with van der Waals surface area (Å²) in [5, 5.41) is 5.33. The molecule has 1 amide bonds. The van der Waals surface area contributed by atoms with E-state index in [0.29, 0.717) is 15.8 Å². The topological polar surface area (TPSA) is 42.0 Å². The third kappa shape index (κ3) is 3.55. The number of carbonyl (C=O) groups is 1. The van der Waals surface area contributed by atoms with Crippen LogP contribution in [-0.2, 0) is 0 Å². The fourth-order valence-electron chi connectivity index (χ4n) is 1.89. The van der Waals surface area contributed by atoms with Crippen LogP contribution < -0.4 is 5.32 Å². The maximum Gasteiger partial charge on any atom is 0.257 e. The van der Waals surface area contributed by atoms with Crippen molar-refractivity contribution in [2.24, 2.45) is 0 Å². The van der Waals surface area contributed by atoms with Gasteiger partial charge >= 0.3 is 0 Å². The van der Waals surface area contributed by atoms with E-state index < -0.39 is 17.5 Å². The third-order valence-electron chi connectivity index (χ3n) is 3.05. The minimum absolute atomic E-state index is 0.0205. The summed E-state index contributed by atoms with van der Waals surface area (Å²) in [6.45, 7) is 0. The minimum atomic E-state index is -1.07. The monoisotopic (exact) mass is 350 g/mol.